The Labute approximate surface area is 101 Å². The summed E-state index contributed by atoms with van der Waals surface area (Å²) in [4.78, 5) is 4.48. The normalized spacial score (nSPS) is 18.6. The third kappa shape index (κ3) is 3.01. The first-order valence-electron chi connectivity index (χ1n) is 5.91. The van der Waals surface area contributed by atoms with E-state index in [1.165, 1.54) is 19.1 Å². The van der Waals surface area contributed by atoms with Crippen molar-refractivity contribution in [2.75, 3.05) is 33.2 Å². The van der Waals surface area contributed by atoms with Crippen molar-refractivity contribution < 1.29 is 8.78 Å². The number of benzene rings is 1. The molecule has 1 aliphatic rings. The highest BCUT2D eigenvalue weighted by molar-refractivity contribution is 5.25. The molecule has 0 amide bonds. The molecule has 0 aromatic heterocycles. The summed E-state index contributed by atoms with van der Waals surface area (Å²) in [5.74, 6) is -0.900. The maximum absolute atomic E-state index is 13.4. The fourth-order valence-corrected chi connectivity index (χ4v) is 2.05. The Hall–Kier alpha value is -1.00. The molecule has 17 heavy (non-hydrogen) atoms. The van der Waals surface area contributed by atoms with E-state index in [9.17, 15) is 8.78 Å². The topological polar surface area (TPSA) is 6.48 Å². The van der Waals surface area contributed by atoms with Crippen LogP contribution < -0.4 is 0 Å². The molecule has 1 heterocycles. The van der Waals surface area contributed by atoms with E-state index < -0.39 is 11.6 Å². The highest BCUT2D eigenvalue weighted by Crippen LogP contribution is 2.16. The number of likely N-dealkylation sites (N-methyl/N-ethyl adjacent to an activating group) is 1. The van der Waals surface area contributed by atoms with Crippen LogP contribution in [-0.2, 0) is 6.54 Å². The Bertz CT molecular complexity index is 375. The molecule has 0 radical (unpaired) electrons. The Balaban J connectivity index is 2.04. The van der Waals surface area contributed by atoms with Gasteiger partial charge >= 0.3 is 0 Å². The fraction of sp³-hybridized carbons (Fsp3) is 0.538. The Morgan fingerprint density at radius 2 is 1.59 bits per heavy atom. The molecule has 0 atom stereocenters. The van der Waals surface area contributed by atoms with Crippen LogP contribution in [0.2, 0.25) is 0 Å². The van der Waals surface area contributed by atoms with Crippen molar-refractivity contribution in [3.8, 4) is 0 Å². The van der Waals surface area contributed by atoms with E-state index in [2.05, 4.69) is 16.8 Å². The number of hydrogen-bond acceptors (Lipinski definition) is 2. The van der Waals surface area contributed by atoms with Crippen LogP contribution in [0, 0.1) is 18.6 Å². The van der Waals surface area contributed by atoms with Gasteiger partial charge in [-0.05, 0) is 31.7 Å². The van der Waals surface area contributed by atoms with E-state index in [0.29, 0.717) is 6.54 Å². The molecule has 1 aromatic rings. The number of halogens is 2. The largest absolute Gasteiger partial charge is 0.304 e. The summed E-state index contributed by atoms with van der Waals surface area (Å²) in [5, 5.41) is 0. The van der Waals surface area contributed by atoms with Crippen LogP contribution in [0.4, 0.5) is 8.78 Å². The molecular formula is C13H18F2N2. The molecule has 94 valence electrons. The molecule has 1 fully saturated rings. The lowest BCUT2D eigenvalue weighted by atomic mass is 10.1. The van der Waals surface area contributed by atoms with Crippen molar-refractivity contribution in [2.24, 2.45) is 0 Å². The zero-order valence-corrected chi connectivity index (χ0v) is 10.3. The first-order chi connectivity index (χ1) is 8.06. The van der Waals surface area contributed by atoms with Crippen molar-refractivity contribution in [1.29, 1.82) is 0 Å². The average Bonchev–Trinajstić information content (AvgIpc) is 2.29. The molecule has 0 N–H and O–H groups in total. The summed E-state index contributed by atoms with van der Waals surface area (Å²) < 4.78 is 26.8. The molecule has 0 aliphatic carbocycles. The summed E-state index contributed by atoms with van der Waals surface area (Å²) in [7, 11) is 2.09. The average molecular weight is 240 g/mol. The zero-order chi connectivity index (χ0) is 12.4. The molecule has 0 bridgehead atoms. The van der Waals surface area contributed by atoms with Gasteiger partial charge in [-0.1, -0.05) is 0 Å². The van der Waals surface area contributed by atoms with Crippen molar-refractivity contribution >= 4 is 0 Å². The molecule has 2 nitrogen and oxygen atoms in total. The SMILES string of the molecule is Cc1c(F)cc(CN2CCN(C)CC2)cc1F. The highest BCUT2D eigenvalue weighted by Gasteiger charge is 2.15. The molecule has 0 saturated carbocycles. The zero-order valence-electron chi connectivity index (χ0n) is 10.3. The van der Waals surface area contributed by atoms with Gasteiger partial charge in [-0.15, -0.1) is 0 Å². The van der Waals surface area contributed by atoms with Crippen LogP contribution in [0.5, 0.6) is 0 Å². The maximum Gasteiger partial charge on any atom is 0.129 e. The predicted octanol–water partition coefficient (Wildman–Crippen LogP) is 2.02. The van der Waals surface area contributed by atoms with Crippen LogP contribution in [0.15, 0.2) is 12.1 Å². The first kappa shape index (κ1) is 12.5. The smallest absolute Gasteiger partial charge is 0.129 e. The van der Waals surface area contributed by atoms with Crippen LogP contribution in [0.1, 0.15) is 11.1 Å². The highest BCUT2D eigenvalue weighted by atomic mass is 19.1. The Morgan fingerprint density at radius 1 is 1.06 bits per heavy atom. The molecule has 0 unspecified atom stereocenters. The Kier molecular flexibility index (Phi) is 3.74. The lowest BCUT2D eigenvalue weighted by molar-refractivity contribution is 0.148. The lowest BCUT2D eigenvalue weighted by Gasteiger charge is -2.32. The summed E-state index contributed by atoms with van der Waals surface area (Å²) in [6.07, 6.45) is 0. The van der Waals surface area contributed by atoms with Gasteiger partial charge in [0.25, 0.3) is 0 Å². The van der Waals surface area contributed by atoms with E-state index in [0.717, 1.165) is 31.7 Å². The molecule has 1 aromatic carbocycles. The lowest BCUT2D eigenvalue weighted by Crippen LogP contribution is -2.43. The standard InChI is InChI=1S/C13H18F2N2/c1-10-12(14)7-11(8-13(10)15)9-17-5-3-16(2)4-6-17/h7-8H,3-6,9H2,1-2H3. The van der Waals surface area contributed by atoms with E-state index in [1.54, 1.807) is 0 Å². The van der Waals surface area contributed by atoms with Crippen molar-refractivity contribution in [2.45, 2.75) is 13.5 Å². The Morgan fingerprint density at radius 3 is 2.12 bits per heavy atom. The van der Waals surface area contributed by atoms with Gasteiger partial charge in [0.05, 0.1) is 0 Å². The van der Waals surface area contributed by atoms with Gasteiger partial charge in [0.1, 0.15) is 11.6 Å². The second-order valence-corrected chi connectivity index (χ2v) is 4.76. The van der Waals surface area contributed by atoms with Gasteiger partial charge in [-0.25, -0.2) is 8.78 Å². The molecule has 1 aliphatic heterocycles. The second kappa shape index (κ2) is 5.10. The van der Waals surface area contributed by atoms with E-state index in [1.807, 2.05) is 0 Å². The molecular weight excluding hydrogens is 222 g/mol. The fourth-order valence-electron chi connectivity index (χ4n) is 2.05. The predicted molar refractivity (Wildman–Crippen MR) is 63.9 cm³/mol. The number of piperazine rings is 1. The molecule has 1 saturated heterocycles. The summed E-state index contributed by atoms with van der Waals surface area (Å²) in [6, 6.07) is 2.88. The second-order valence-electron chi connectivity index (χ2n) is 4.76. The van der Waals surface area contributed by atoms with Crippen LogP contribution in [0.3, 0.4) is 0 Å². The molecule has 4 heteroatoms. The number of hydrogen-bond donors (Lipinski definition) is 0. The van der Waals surface area contributed by atoms with E-state index in [4.69, 9.17) is 0 Å². The third-order valence-corrected chi connectivity index (χ3v) is 3.34. The number of rotatable bonds is 2. The maximum atomic E-state index is 13.4. The van der Waals surface area contributed by atoms with Gasteiger partial charge in [0.15, 0.2) is 0 Å². The molecule has 0 spiro atoms. The summed E-state index contributed by atoms with van der Waals surface area (Å²) in [6.45, 7) is 6.02. The van der Waals surface area contributed by atoms with Gasteiger partial charge in [0.2, 0.25) is 0 Å². The molecule has 2 rings (SSSR count). The third-order valence-electron chi connectivity index (χ3n) is 3.34. The van der Waals surface area contributed by atoms with Gasteiger partial charge in [-0.3, -0.25) is 4.90 Å². The van der Waals surface area contributed by atoms with Crippen LogP contribution in [0.25, 0.3) is 0 Å². The summed E-state index contributed by atoms with van der Waals surface area (Å²) >= 11 is 0. The van der Waals surface area contributed by atoms with Gasteiger partial charge in [0, 0.05) is 38.3 Å². The summed E-state index contributed by atoms with van der Waals surface area (Å²) in [5.41, 5.74) is 0.822. The van der Waals surface area contributed by atoms with E-state index >= 15 is 0 Å². The van der Waals surface area contributed by atoms with Crippen molar-refractivity contribution in [3.05, 3.63) is 34.9 Å². The van der Waals surface area contributed by atoms with E-state index in [-0.39, 0.29) is 5.56 Å². The minimum atomic E-state index is -0.450. The number of nitrogens with zero attached hydrogens (tertiary/aromatic N) is 2. The monoisotopic (exact) mass is 240 g/mol. The van der Waals surface area contributed by atoms with Crippen LogP contribution in [-0.4, -0.2) is 43.0 Å². The van der Waals surface area contributed by atoms with Crippen LogP contribution >= 0.6 is 0 Å². The minimum absolute atomic E-state index is 0.104. The van der Waals surface area contributed by atoms with Crippen molar-refractivity contribution in [1.82, 2.24) is 9.80 Å². The van der Waals surface area contributed by atoms with Gasteiger partial charge in [-0.2, -0.15) is 0 Å². The minimum Gasteiger partial charge on any atom is -0.304 e. The first-order valence-corrected chi connectivity index (χ1v) is 5.91. The van der Waals surface area contributed by atoms with Crippen molar-refractivity contribution in [3.63, 3.8) is 0 Å². The quantitative estimate of drug-likeness (QED) is 0.780. The van der Waals surface area contributed by atoms with Gasteiger partial charge < -0.3 is 4.90 Å².